The minimum Gasteiger partial charge on any atom is -0.462 e. The summed E-state index contributed by atoms with van der Waals surface area (Å²) in [7, 11) is 0. The fourth-order valence-corrected chi connectivity index (χ4v) is 4.98. The Bertz CT molecular complexity index is 962. The smallest absolute Gasteiger partial charge is 0.345 e. The zero-order chi connectivity index (χ0) is 21.4. The molecular weight excluding hydrogens is 392 g/mol. The third-order valence-corrected chi connectivity index (χ3v) is 6.75. The lowest BCUT2D eigenvalue weighted by Gasteiger charge is -2.26. The average Bonchev–Trinajstić information content (AvgIpc) is 3.49. The van der Waals surface area contributed by atoms with Crippen LogP contribution in [-0.2, 0) is 35.0 Å². The van der Waals surface area contributed by atoms with E-state index < -0.39 is 41.5 Å². The predicted molar refractivity (Wildman–Crippen MR) is 101 cm³/mol. The number of allylic oxidation sites excluding steroid dienone is 1. The second-order valence-electron chi connectivity index (χ2n) is 9.02. The normalized spacial score (nSPS) is 41.2. The van der Waals surface area contributed by atoms with E-state index in [1.54, 1.807) is 6.07 Å². The minimum atomic E-state index is -1.29. The highest BCUT2D eigenvalue weighted by atomic mass is 16.7. The van der Waals surface area contributed by atoms with Crippen LogP contribution in [0.2, 0.25) is 0 Å². The van der Waals surface area contributed by atoms with Crippen molar-refractivity contribution in [3.8, 4) is 0 Å². The van der Waals surface area contributed by atoms with Crippen molar-refractivity contribution in [1.82, 2.24) is 0 Å². The van der Waals surface area contributed by atoms with Gasteiger partial charge in [-0.1, -0.05) is 12.2 Å². The molecule has 5 rings (SSSR count). The largest absolute Gasteiger partial charge is 0.462 e. The SMILES string of the molecule is C=C(C)[C@@H]1Cc2oc(cc2C=O)[C@@H]2O[C@@]2(C)C[C@H]2OC(=O)C3(O[C@H]23)[C@@H](OC(C)=O)C1. The molecule has 0 aromatic carbocycles. The first kappa shape index (κ1) is 19.5. The molecular formula is C22H24O8. The van der Waals surface area contributed by atoms with Crippen molar-refractivity contribution in [2.45, 2.75) is 75.7 Å². The van der Waals surface area contributed by atoms with Crippen LogP contribution in [0, 0.1) is 5.92 Å². The standard InChI is InChI=1S/C22H24O8/c1-10(2)12-5-14-13(9-23)6-15(27-14)18-21(4,29-18)8-16-19-22(30-19,20(25)28-16)17(7-12)26-11(3)24/h6,9,12,16-19H,1,5,7-8H2,2-4H3/t12-,16-,17+,18+,19-,21+,22?/m1/s1. The lowest BCUT2D eigenvalue weighted by molar-refractivity contribution is -0.165. The highest BCUT2D eigenvalue weighted by Crippen LogP contribution is 2.59. The van der Waals surface area contributed by atoms with Crippen LogP contribution in [-0.4, -0.2) is 47.7 Å². The Morgan fingerprint density at radius 1 is 1.33 bits per heavy atom. The Morgan fingerprint density at radius 3 is 2.73 bits per heavy atom. The summed E-state index contributed by atoms with van der Waals surface area (Å²) < 4.78 is 29.0. The zero-order valence-corrected chi connectivity index (χ0v) is 17.1. The van der Waals surface area contributed by atoms with Gasteiger partial charge >= 0.3 is 11.9 Å². The Kier molecular flexibility index (Phi) is 4.08. The molecule has 8 heteroatoms. The third-order valence-electron chi connectivity index (χ3n) is 6.75. The summed E-state index contributed by atoms with van der Waals surface area (Å²) in [6, 6.07) is 1.71. The summed E-state index contributed by atoms with van der Waals surface area (Å²) in [4.78, 5) is 36.3. The molecule has 1 aromatic heterocycles. The van der Waals surface area contributed by atoms with Crippen LogP contribution in [0.25, 0.3) is 0 Å². The Labute approximate surface area is 173 Å². The Hall–Kier alpha value is -2.45. The molecule has 1 aromatic rings. The van der Waals surface area contributed by atoms with Crippen molar-refractivity contribution in [3.05, 3.63) is 35.3 Å². The van der Waals surface area contributed by atoms with Crippen molar-refractivity contribution in [2.24, 2.45) is 5.92 Å². The zero-order valence-electron chi connectivity index (χ0n) is 17.1. The summed E-state index contributed by atoms with van der Waals surface area (Å²) in [5, 5.41) is 0. The van der Waals surface area contributed by atoms with Crippen LogP contribution >= 0.6 is 0 Å². The first-order valence-corrected chi connectivity index (χ1v) is 10.1. The van der Waals surface area contributed by atoms with Gasteiger partial charge in [-0.2, -0.15) is 0 Å². The van der Waals surface area contributed by atoms with Crippen molar-refractivity contribution in [1.29, 1.82) is 0 Å². The molecule has 7 atom stereocenters. The van der Waals surface area contributed by atoms with Gasteiger partial charge in [-0.05, 0) is 32.3 Å². The first-order valence-electron chi connectivity index (χ1n) is 10.1. The van der Waals surface area contributed by atoms with E-state index in [4.69, 9.17) is 23.4 Å². The van der Waals surface area contributed by atoms with Crippen LogP contribution in [0.1, 0.15) is 61.6 Å². The van der Waals surface area contributed by atoms with Gasteiger partial charge < -0.3 is 23.4 Å². The number of epoxide rings is 2. The molecule has 1 unspecified atom stereocenters. The quantitative estimate of drug-likeness (QED) is 0.320. The number of aldehydes is 1. The molecule has 160 valence electrons. The Balaban J connectivity index is 1.57. The molecule has 4 aliphatic heterocycles. The number of ether oxygens (including phenoxy) is 4. The van der Waals surface area contributed by atoms with Gasteiger partial charge in [0.15, 0.2) is 6.29 Å². The van der Waals surface area contributed by atoms with Crippen LogP contribution in [0.15, 0.2) is 22.6 Å². The van der Waals surface area contributed by atoms with Gasteiger partial charge in [-0.15, -0.1) is 0 Å². The number of hydrogen-bond acceptors (Lipinski definition) is 8. The van der Waals surface area contributed by atoms with E-state index in [-0.39, 0.29) is 12.0 Å². The molecule has 0 saturated carbocycles. The topological polar surface area (TPSA) is 108 Å². The maximum absolute atomic E-state index is 12.8. The molecule has 30 heavy (non-hydrogen) atoms. The van der Waals surface area contributed by atoms with E-state index >= 15 is 0 Å². The van der Waals surface area contributed by atoms with Crippen LogP contribution in [0.5, 0.6) is 0 Å². The maximum atomic E-state index is 12.8. The first-order chi connectivity index (χ1) is 14.2. The molecule has 0 N–H and O–H groups in total. The van der Waals surface area contributed by atoms with Gasteiger partial charge in [-0.3, -0.25) is 9.59 Å². The second-order valence-corrected chi connectivity index (χ2v) is 9.02. The van der Waals surface area contributed by atoms with Gasteiger partial charge in [0.1, 0.15) is 41.5 Å². The van der Waals surface area contributed by atoms with E-state index in [0.717, 1.165) is 11.9 Å². The van der Waals surface area contributed by atoms with E-state index in [2.05, 4.69) is 6.58 Å². The molecule has 3 saturated heterocycles. The van der Waals surface area contributed by atoms with E-state index in [0.29, 0.717) is 36.3 Å². The molecule has 4 bridgehead atoms. The molecule has 5 heterocycles. The fourth-order valence-electron chi connectivity index (χ4n) is 4.98. The minimum absolute atomic E-state index is 0.203. The molecule has 3 fully saturated rings. The molecule has 4 aliphatic rings. The molecule has 0 amide bonds. The second kappa shape index (κ2) is 6.28. The number of rotatable bonds is 3. The third kappa shape index (κ3) is 2.77. The van der Waals surface area contributed by atoms with Crippen molar-refractivity contribution in [2.75, 3.05) is 0 Å². The van der Waals surface area contributed by atoms with Crippen LogP contribution < -0.4 is 0 Å². The lowest BCUT2D eigenvalue weighted by atomic mass is 9.83. The highest BCUT2D eigenvalue weighted by Gasteiger charge is 2.79. The molecule has 0 radical (unpaired) electrons. The number of carbonyl (C=O) groups excluding carboxylic acids is 3. The van der Waals surface area contributed by atoms with Crippen molar-refractivity contribution < 1.29 is 37.7 Å². The maximum Gasteiger partial charge on any atom is 0.345 e. The summed E-state index contributed by atoms with van der Waals surface area (Å²) in [5.74, 6) is -0.0990. The molecule has 8 nitrogen and oxygen atoms in total. The van der Waals surface area contributed by atoms with Gasteiger partial charge in [-0.25, -0.2) is 4.79 Å². The number of carbonyl (C=O) groups is 3. The van der Waals surface area contributed by atoms with Gasteiger partial charge in [0.05, 0.1) is 5.56 Å². The summed E-state index contributed by atoms with van der Waals surface area (Å²) in [6.45, 7) is 9.13. The van der Waals surface area contributed by atoms with Crippen molar-refractivity contribution in [3.63, 3.8) is 0 Å². The van der Waals surface area contributed by atoms with E-state index in [1.165, 1.54) is 6.92 Å². The van der Waals surface area contributed by atoms with E-state index in [9.17, 15) is 14.4 Å². The summed E-state index contributed by atoms with van der Waals surface area (Å²) in [5.41, 5.74) is -0.606. The molecule has 0 spiro atoms. The fraction of sp³-hybridized carbons (Fsp3) is 0.591. The highest BCUT2D eigenvalue weighted by molar-refractivity contribution is 5.88. The molecule has 0 aliphatic carbocycles. The summed E-state index contributed by atoms with van der Waals surface area (Å²) >= 11 is 0. The summed E-state index contributed by atoms with van der Waals surface area (Å²) in [6.07, 6.45) is -0.277. The van der Waals surface area contributed by atoms with Gasteiger partial charge in [0.2, 0.25) is 5.60 Å². The average molecular weight is 416 g/mol. The van der Waals surface area contributed by atoms with Crippen molar-refractivity contribution >= 4 is 18.2 Å². The van der Waals surface area contributed by atoms with Crippen LogP contribution in [0.4, 0.5) is 0 Å². The number of hydrogen-bond donors (Lipinski definition) is 0. The van der Waals surface area contributed by atoms with E-state index in [1.807, 2.05) is 13.8 Å². The predicted octanol–water partition coefficient (Wildman–Crippen LogP) is 2.45. The monoisotopic (exact) mass is 416 g/mol. The van der Waals surface area contributed by atoms with Gasteiger partial charge in [0, 0.05) is 19.8 Å². The van der Waals surface area contributed by atoms with Gasteiger partial charge in [0.25, 0.3) is 0 Å². The number of esters is 2. The number of fused-ring (bicyclic) bond motifs is 4. The number of furan rings is 1. The van der Waals surface area contributed by atoms with Crippen LogP contribution in [0.3, 0.4) is 0 Å². The lowest BCUT2D eigenvalue weighted by Crippen LogP contribution is -2.42. The Morgan fingerprint density at radius 2 is 2.10 bits per heavy atom.